The van der Waals surface area contributed by atoms with Crippen LogP contribution in [0.5, 0.6) is 5.75 Å². The summed E-state index contributed by atoms with van der Waals surface area (Å²) in [6.45, 7) is 10.5. The van der Waals surface area contributed by atoms with Gasteiger partial charge in [0, 0.05) is 23.6 Å². The lowest BCUT2D eigenvalue weighted by molar-refractivity contribution is 0.317. The van der Waals surface area contributed by atoms with Crippen molar-refractivity contribution in [1.82, 2.24) is 5.32 Å². The molecule has 0 heterocycles. The highest BCUT2D eigenvalue weighted by atomic mass is 35.5. The lowest BCUT2D eigenvalue weighted by Crippen LogP contribution is -2.15. The first kappa shape index (κ1) is 15.1. The number of benzene rings is 1. The first-order chi connectivity index (χ1) is 8.63. The Labute approximate surface area is 115 Å². The van der Waals surface area contributed by atoms with E-state index in [-0.39, 0.29) is 0 Å². The molecule has 0 spiro atoms. The summed E-state index contributed by atoms with van der Waals surface area (Å²) in [7, 11) is 0. The maximum atomic E-state index is 6.02. The van der Waals surface area contributed by atoms with Crippen LogP contribution in [0.3, 0.4) is 0 Å². The third-order valence-electron chi connectivity index (χ3n) is 2.55. The van der Waals surface area contributed by atoms with Crippen molar-refractivity contribution in [1.29, 1.82) is 0 Å². The van der Waals surface area contributed by atoms with Gasteiger partial charge >= 0.3 is 0 Å². The second-order valence-corrected chi connectivity index (χ2v) is 4.92. The molecule has 0 atom stereocenters. The summed E-state index contributed by atoms with van der Waals surface area (Å²) >= 11 is 6.02. The Morgan fingerprint density at radius 3 is 2.89 bits per heavy atom. The number of ether oxygens (including phenoxy) is 1. The standard InChI is InChI=1S/C15H22ClNO/c1-4-8-17-11-13-10-14(16)5-6-15(13)18-9-7-12(2)3/h5-6,10,17H,2,4,7-9,11H2,1,3H3. The predicted octanol–water partition coefficient (Wildman–Crippen LogP) is 4.18. The van der Waals surface area contributed by atoms with Crippen LogP contribution in [0.25, 0.3) is 0 Å². The highest BCUT2D eigenvalue weighted by molar-refractivity contribution is 6.30. The van der Waals surface area contributed by atoms with Gasteiger partial charge in [-0.3, -0.25) is 0 Å². The quantitative estimate of drug-likeness (QED) is 0.563. The lowest BCUT2D eigenvalue weighted by Gasteiger charge is -2.12. The van der Waals surface area contributed by atoms with Gasteiger partial charge in [0.05, 0.1) is 6.61 Å². The summed E-state index contributed by atoms with van der Waals surface area (Å²) in [6, 6.07) is 5.75. The van der Waals surface area contributed by atoms with Gasteiger partial charge < -0.3 is 10.1 Å². The normalized spacial score (nSPS) is 10.4. The van der Waals surface area contributed by atoms with Gasteiger partial charge in [-0.1, -0.05) is 24.1 Å². The minimum absolute atomic E-state index is 0.664. The largest absolute Gasteiger partial charge is 0.493 e. The molecule has 0 saturated carbocycles. The maximum Gasteiger partial charge on any atom is 0.123 e. The Bertz CT molecular complexity index is 390. The molecule has 1 rings (SSSR count). The van der Waals surface area contributed by atoms with E-state index >= 15 is 0 Å². The van der Waals surface area contributed by atoms with Crippen molar-refractivity contribution < 1.29 is 4.74 Å². The van der Waals surface area contributed by atoms with Gasteiger partial charge in [0.15, 0.2) is 0 Å². The summed E-state index contributed by atoms with van der Waals surface area (Å²) in [6.07, 6.45) is 2.00. The zero-order valence-corrected chi connectivity index (χ0v) is 12.0. The van der Waals surface area contributed by atoms with E-state index in [9.17, 15) is 0 Å². The molecule has 0 amide bonds. The number of hydrogen-bond acceptors (Lipinski definition) is 2. The minimum atomic E-state index is 0.664. The van der Waals surface area contributed by atoms with Crippen LogP contribution < -0.4 is 10.1 Å². The number of halogens is 1. The van der Waals surface area contributed by atoms with Crippen LogP contribution in [0.2, 0.25) is 5.02 Å². The van der Waals surface area contributed by atoms with Gasteiger partial charge in [-0.05, 0) is 38.1 Å². The average molecular weight is 268 g/mol. The minimum Gasteiger partial charge on any atom is -0.493 e. The van der Waals surface area contributed by atoms with Crippen LogP contribution in [0, 0.1) is 0 Å². The third kappa shape index (κ3) is 5.56. The Morgan fingerprint density at radius 1 is 1.44 bits per heavy atom. The van der Waals surface area contributed by atoms with E-state index in [0.29, 0.717) is 6.61 Å². The van der Waals surface area contributed by atoms with E-state index in [0.717, 1.165) is 47.8 Å². The molecule has 0 unspecified atom stereocenters. The monoisotopic (exact) mass is 267 g/mol. The van der Waals surface area contributed by atoms with Gasteiger partial charge in [0.1, 0.15) is 5.75 Å². The fourth-order valence-electron chi connectivity index (χ4n) is 1.56. The van der Waals surface area contributed by atoms with Gasteiger partial charge in [-0.25, -0.2) is 0 Å². The molecule has 100 valence electrons. The van der Waals surface area contributed by atoms with Crippen molar-refractivity contribution in [3.05, 3.63) is 40.9 Å². The lowest BCUT2D eigenvalue weighted by atomic mass is 10.2. The van der Waals surface area contributed by atoms with E-state index < -0.39 is 0 Å². The smallest absolute Gasteiger partial charge is 0.123 e. The number of rotatable bonds is 8. The molecule has 1 aromatic carbocycles. The molecule has 1 aromatic rings. The second kappa shape index (κ2) is 8.17. The van der Waals surface area contributed by atoms with E-state index in [1.807, 2.05) is 25.1 Å². The highest BCUT2D eigenvalue weighted by Crippen LogP contribution is 2.23. The molecule has 0 aliphatic carbocycles. The molecule has 0 fully saturated rings. The highest BCUT2D eigenvalue weighted by Gasteiger charge is 2.04. The van der Waals surface area contributed by atoms with Crippen LogP contribution in [-0.2, 0) is 6.54 Å². The van der Waals surface area contributed by atoms with Crippen molar-refractivity contribution in [2.75, 3.05) is 13.2 Å². The van der Waals surface area contributed by atoms with E-state index in [4.69, 9.17) is 16.3 Å². The third-order valence-corrected chi connectivity index (χ3v) is 2.79. The van der Waals surface area contributed by atoms with Crippen molar-refractivity contribution in [3.8, 4) is 5.75 Å². The Balaban J connectivity index is 2.60. The predicted molar refractivity (Wildman–Crippen MR) is 78.4 cm³/mol. The molecule has 0 aliphatic rings. The van der Waals surface area contributed by atoms with Crippen LogP contribution in [-0.4, -0.2) is 13.2 Å². The zero-order valence-electron chi connectivity index (χ0n) is 11.3. The summed E-state index contributed by atoms with van der Waals surface area (Å²) in [5, 5.41) is 4.11. The summed E-state index contributed by atoms with van der Waals surface area (Å²) in [5.74, 6) is 0.907. The van der Waals surface area contributed by atoms with Gasteiger partial charge in [0.25, 0.3) is 0 Å². The average Bonchev–Trinajstić information content (AvgIpc) is 2.32. The molecule has 2 nitrogen and oxygen atoms in total. The SMILES string of the molecule is C=C(C)CCOc1ccc(Cl)cc1CNCCC. The molecule has 18 heavy (non-hydrogen) atoms. The summed E-state index contributed by atoms with van der Waals surface area (Å²) in [4.78, 5) is 0. The van der Waals surface area contributed by atoms with Crippen molar-refractivity contribution in [2.24, 2.45) is 0 Å². The van der Waals surface area contributed by atoms with Crippen LogP contribution in [0.1, 0.15) is 32.3 Å². The molecule has 0 saturated heterocycles. The molecule has 3 heteroatoms. The summed E-state index contributed by atoms with van der Waals surface area (Å²) in [5.41, 5.74) is 2.24. The molecule has 0 bridgehead atoms. The van der Waals surface area contributed by atoms with Crippen LogP contribution in [0.15, 0.2) is 30.4 Å². The van der Waals surface area contributed by atoms with E-state index in [2.05, 4.69) is 18.8 Å². The summed E-state index contributed by atoms with van der Waals surface area (Å²) < 4.78 is 5.77. The zero-order chi connectivity index (χ0) is 13.4. The first-order valence-corrected chi connectivity index (χ1v) is 6.77. The van der Waals surface area contributed by atoms with Crippen molar-refractivity contribution in [2.45, 2.75) is 33.2 Å². The maximum absolute atomic E-state index is 6.02. The van der Waals surface area contributed by atoms with Crippen molar-refractivity contribution >= 4 is 11.6 Å². The molecule has 0 aromatic heterocycles. The van der Waals surface area contributed by atoms with E-state index in [1.165, 1.54) is 0 Å². The van der Waals surface area contributed by atoms with E-state index in [1.54, 1.807) is 0 Å². The topological polar surface area (TPSA) is 21.3 Å². The molecule has 1 N–H and O–H groups in total. The Kier molecular flexibility index (Phi) is 6.84. The van der Waals surface area contributed by atoms with Gasteiger partial charge in [-0.2, -0.15) is 0 Å². The molecular weight excluding hydrogens is 246 g/mol. The molecule has 0 aliphatic heterocycles. The van der Waals surface area contributed by atoms with Gasteiger partial charge in [-0.15, -0.1) is 6.58 Å². The Morgan fingerprint density at radius 2 is 2.22 bits per heavy atom. The fourth-order valence-corrected chi connectivity index (χ4v) is 1.76. The number of nitrogens with one attached hydrogen (secondary N) is 1. The second-order valence-electron chi connectivity index (χ2n) is 4.48. The van der Waals surface area contributed by atoms with Crippen molar-refractivity contribution in [3.63, 3.8) is 0 Å². The first-order valence-electron chi connectivity index (χ1n) is 6.39. The van der Waals surface area contributed by atoms with Crippen LogP contribution in [0.4, 0.5) is 0 Å². The fraction of sp³-hybridized carbons (Fsp3) is 0.467. The van der Waals surface area contributed by atoms with Crippen LogP contribution >= 0.6 is 11.6 Å². The Hall–Kier alpha value is -0.990. The molecular formula is C15H22ClNO. The van der Waals surface area contributed by atoms with Gasteiger partial charge in [0.2, 0.25) is 0 Å². The molecule has 0 radical (unpaired) electrons. The number of hydrogen-bond donors (Lipinski definition) is 1.